The smallest absolute Gasteiger partial charge is 0.217 e. The molecule has 1 aromatic rings. The summed E-state index contributed by atoms with van der Waals surface area (Å²) in [5.74, 6) is -0.897. The van der Waals surface area contributed by atoms with Crippen LogP contribution in [0.2, 0.25) is 0 Å². The van der Waals surface area contributed by atoms with E-state index in [1.165, 1.54) is 13.1 Å². The number of aromatic nitrogens is 1. The van der Waals surface area contributed by atoms with Crippen LogP contribution in [-0.2, 0) is 28.5 Å². The van der Waals surface area contributed by atoms with Crippen LogP contribution < -0.4 is 16.0 Å². The third kappa shape index (κ3) is 9.46. The molecule has 11 N–H and O–H groups in total. The Morgan fingerprint density at radius 2 is 1.65 bits per heavy atom. The molecule has 3 heterocycles. The molecule has 3 rings (SSSR count). The first-order valence-corrected chi connectivity index (χ1v) is 14.5. The highest BCUT2D eigenvalue weighted by atomic mass is 19.1. The summed E-state index contributed by atoms with van der Waals surface area (Å²) in [6.45, 7) is -0.596. The molecule has 0 radical (unpaired) electrons. The highest BCUT2D eigenvalue weighted by Gasteiger charge is 2.52. The minimum Gasteiger partial charge on any atom is -0.394 e. The number of halogens is 1. The Morgan fingerprint density at radius 1 is 0.978 bits per heavy atom. The quantitative estimate of drug-likeness (QED) is 0.0835. The molecule has 2 aliphatic heterocycles. The number of hydrogen-bond donors (Lipinski definition) is 11. The predicted octanol–water partition coefficient (Wildman–Crippen LogP) is -5.16. The fourth-order valence-corrected chi connectivity index (χ4v) is 5.13. The molecule has 14 atom stereocenters. The Morgan fingerprint density at radius 3 is 2.22 bits per heavy atom. The van der Waals surface area contributed by atoms with Crippen LogP contribution >= 0.6 is 0 Å². The van der Waals surface area contributed by atoms with Gasteiger partial charge < -0.3 is 75.8 Å². The molecule has 0 aromatic carbocycles. The second-order valence-corrected chi connectivity index (χ2v) is 10.9. The van der Waals surface area contributed by atoms with Crippen molar-refractivity contribution in [2.24, 2.45) is 0 Å². The SMILES string of the molecule is CC(=O)NC(CNc1ccccn1)[C@@H](O)C(O[C@@H]1OC(CO)[C@H](O[C@@H]2OC(CO)[C@H](F)[C@H](O)C2O)[C@H](O)C1NC(C)=O)C(O)CO. The van der Waals surface area contributed by atoms with Gasteiger partial charge in [0.15, 0.2) is 18.8 Å². The molecule has 262 valence electrons. The van der Waals surface area contributed by atoms with Gasteiger partial charge >= 0.3 is 0 Å². The third-order valence-electron chi connectivity index (χ3n) is 7.48. The van der Waals surface area contributed by atoms with Gasteiger partial charge in [-0.3, -0.25) is 9.59 Å². The zero-order valence-electron chi connectivity index (χ0n) is 25.1. The first-order chi connectivity index (χ1) is 21.8. The standard InChI is InChI=1S/C27H43FN4O14/c1-11(36)31-13(7-30-17-5-3-4-6-29-17)20(39)24(14(38)8-33)45-26-19(32-12(2)37)22(41)25(16(10-35)44-26)46-27-23(42)21(40)18(28)15(9-34)43-27/h3-6,13-16,18-27,33-35,38-42H,7-10H2,1-2H3,(H,29,30)(H,31,36)(H,32,37)/t13?,14?,15?,16?,18-,19?,20+,21-,22+,23?,24?,25-,26-,27-/m0/s1. The van der Waals surface area contributed by atoms with Crippen molar-refractivity contribution in [3.63, 3.8) is 0 Å². The number of carbonyl (C=O) groups excluding carboxylic acids is 2. The number of carbonyl (C=O) groups is 2. The average molecular weight is 667 g/mol. The summed E-state index contributed by atoms with van der Waals surface area (Å²) in [7, 11) is 0. The van der Waals surface area contributed by atoms with Crippen molar-refractivity contribution >= 4 is 17.6 Å². The normalized spacial score (nSPS) is 34.2. The number of aliphatic hydroxyl groups is 8. The minimum atomic E-state index is -2.17. The zero-order valence-corrected chi connectivity index (χ0v) is 25.1. The molecular weight excluding hydrogens is 623 g/mol. The van der Waals surface area contributed by atoms with Crippen molar-refractivity contribution in [2.75, 3.05) is 31.7 Å². The predicted molar refractivity (Wildman–Crippen MR) is 151 cm³/mol. The number of anilines is 1. The highest BCUT2D eigenvalue weighted by molar-refractivity contribution is 5.73. The van der Waals surface area contributed by atoms with Crippen LogP contribution in [0.15, 0.2) is 24.4 Å². The molecule has 46 heavy (non-hydrogen) atoms. The van der Waals surface area contributed by atoms with E-state index in [-0.39, 0.29) is 6.54 Å². The van der Waals surface area contributed by atoms with Crippen molar-refractivity contribution in [3.8, 4) is 0 Å². The third-order valence-corrected chi connectivity index (χ3v) is 7.48. The van der Waals surface area contributed by atoms with E-state index in [9.17, 15) is 54.8 Å². The van der Waals surface area contributed by atoms with Gasteiger partial charge in [0.25, 0.3) is 0 Å². The van der Waals surface area contributed by atoms with Gasteiger partial charge in [-0.05, 0) is 12.1 Å². The van der Waals surface area contributed by atoms with E-state index in [2.05, 4.69) is 20.9 Å². The first kappa shape index (κ1) is 37.8. The van der Waals surface area contributed by atoms with Crippen molar-refractivity contribution < 1.29 is 73.8 Å². The molecule has 1 aromatic heterocycles. The van der Waals surface area contributed by atoms with Crippen molar-refractivity contribution in [1.29, 1.82) is 0 Å². The second-order valence-electron chi connectivity index (χ2n) is 10.9. The van der Waals surface area contributed by atoms with Gasteiger partial charge in [-0.2, -0.15) is 0 Å². The lowest BCUT2D eigenvalue weighted by atomic mass is 9.95. The van der Waals surface area contributed by atoms with Crippen LogP contribution in [0, 0.1) is 0 Å². The van der Waals surface area contributed by atoms with Gasteiger partial charge in [0.05, 0.1) is 25.9 Å². The van der Waals surface area contributed by atoms with E-state index >= 15 is 0 Å². The molecule has 0 spiro atoms. The van der Waals surface area contributed by atoms with Crippen molar-refractivity contribution in [1.82, 2.24) is 15.6 Å². The van der Waals surface area contributed by atoms with E-state index in [4.69, 9.17) is 18.9 Å². The summed E-state index contributed by atoms with van der Waals surface area (Å²) < 4.78 is 36.7. The zero-order chi connectivity index (χ0) is 34.1. The Kier molecular flexibility index (Phi) is 14.4. The summed E-state index contributed by atoms with van der Waals surface area (Å²) in [5, 5.41) is 90.8. The van der Waals surface area contributed by atoms with Gasteiger partial charge in [0.2, 0.25) is 11.8 Å². The number of hydrogen-bond acceptors (Lipinski definition) is 16. The number of ether oxygens (including phenoxy) is 4. The van der Waals surface area contributed by atoms with E-state index in [1.54, 1.807) is 18.2 Å². The van der Waals surface area contributed by atoms with Crippen LogP contribution in [0.25, 0.3) is 0 Å². The molecule has 18 nitrogen and oxygen atoms in total. The van der Waals surface area contributed by atoms with Gasteiger partial charge in [-0.15, -0.1) is 0 Å². The maximum Gasteiger partial charge on any atom is 0.217 e. The fourth-order valence-electron chi connectivity index (χ4n) is 5.13. The molecule has 0 saturated carbocycles. The van der Waals surface area contributed by atoms with Crippen LogP contribution in [0.1, 0.15) is 13.8 Å². The largest absolute Gasteiger partial charge is 0.394 e. The van der Waals surface area contributed by atoms with Crippen LogP contribution in [0.5, 0.6) is 0 Å². The van der Waals surface area contributed by atoms with Crippen molar-refractivity contribution in [2.45, 2.75) is 99.6 Å². The van der Waals surface area contributed by atoms with Crippen LogP contribution in [0.4, 0.5) is 10.2 Å². The topological polar surface area (TPSA) is 282 Å². The lowest BCUT2D eigenvalue weighted by molar-refractivity contribution is -0.351. The van der Waals surface area contributed by atoms with Gasteiger partial charge in [-0.25, -0.2) is 9.37 Å². The fraction of sp³-hybridized carbons (Fsp3) is 0.741. The van der Waals surface area contributed by atoms with E-state index in [0.717, 1.165) is 6.92 Å². The van der Waals surface area contributed by atoms with E-state index < -0.39 is 117 Å². The number of pyridine rings is 1. The average Bonchev–Trinajstić information content (AvgIpc) is 3.03. The lowest BCUT2D eigenvalue weighted by Crippen LogP contribution is -2.68. The monoisotopic (exact) mass is 666 g/mol. The van der Waals surface area contributed by atoms with Gasteiger partial charge in [0.1, 0.15) is 66.8 Å². The summed E-state index contributed by atoms with van der Waals surface area (Å²) in [5.41, 5.74) is 0. The number of amides is 2. The van der Waals surface area contributed by atoms with E-state index in [1.807, 2.05) is 0 Å². The van der Waals surface area contributed by atoms with Crippen LogP contribution in [0.3, 0.4) is 0 Å². The molecule has 2 aliphatic rings. The number of nitrogens with zero attached hydrogens (tertiary/aromatic N) is 1. The second kappa shape index (κ2) is 17.5. The number of nitrogens with one attached hydrogen (secondary N) is 3. The number of alkyl halides is 1. The number of rotatable bonds is 15. The van der Waals surface area contributed by atoms with Gasteiger partial charge in [-0.1, -0.05) is 6.07 Å². The summed E-state index contributed by atoms with van der Waals surface area (Å²) >= 11 is 0. The number of aliphatic hydroxyl groups excluding tert-OH is 8. The Hall–Kier alpha value is -2.66. The summed E-state index contributed by atoms with van der Waals surface area (Å²) in [4.78, 5) is 28.2. The first-order valence-electron chi connectivity index (χ1n) is 14.5. The van der Waals surface area contributed by atoms with Crippen LogP contribution in [-0.4, -0.2) is 170 Å². The molecule has 2 amide bonds. The molecule has 7 unspecified atom stereocenters. The lowest BCUT2D eigenvalue weighted by Gasteiger charge is -2.48. The van der Waals surface area contributed by atoms with E-state index in [0.29, 0.717) is 5.82 Å². The molecule has 0 bridgehead atoms. The summed E-state index contributed by atoms with van der Waals surface area (Å²) in [6.07, 6.45) is -20.2. The maximum atomic E-state index is 14.2. The molecule has 0 aliphatic carbocycles. The Labute approximate surface area is 263 Å². The minimum absolute atomic E-state index is 0.141. The molecule has 2 fully saturated rings. The molecule has 19 heteroatoms. The molecule has 2 saturated heterocycles. The maximum absolute atomic E-state index is 14.2. The summed E-state index contributed by atoms with van der Waals surface area (Å²) in [6, 6.07) is 2.25. The highest BCUT2D eigenvalue weighted by Crippen LogP contribution is 2.31. The van der Waals surface area contributed by atoms with Gasteiger partial charge in [0, 0.05) is 26.6 Å². The Balaban J connectivity index is 1.86. The molecular formula is C27H43FN4O14. The Bertz CT molecular complexity index is 1100. The van der Waals surface area contributed by atoms with Crippen molar-refractivity contribution in [3.05, 3.63) is 24.4 Å².